The molecule has 0 bridgehead atoms. The lowest BCUT2D eigenvalue weighted by Gasteiger charge is -2.70. The topological polar surface area (TPSA) is 121 Å². The molecule has 14 unspecified atom stereocenters. The smallest absolute Gasteiger partial charge is 0.122 e. The van der Waals surface area contributed by atoms with Gasteiger partial charge in [-0.1, -0.05) is 95.4 Å². The third-order valence-corrected chi connectivity index (χ3v) is 15.2. The van der Waals surface area contributed by atoms with Crippen molar-refractivity contribution < 1.29 is 30.6 Å². The molecule has 268 valence electrons. The van der Waals surface area contributed by atoms with Gasteiger partial charge >= 0.3 is 0 Å². The third kappa shape index (κ3) is 5.97. The monoisotopic (exact) mass is 649 g/mol. The van der Waals surface area contributed by atoms with Crippen LogP contribution in [0.4, 0.5) is 0 Å². The van der Waals surface area contributed by atoms with Gasteiger partial charge in [0.05, 0.1) is 30.5 Å². The summed E-state index contributed by atoms with van der Waals surface area (Å²) in [5.74, 6) is 2.06. The van der Waals surface area contributed by atoms with Gasteiger partial charge in [0.2, 0.25) is 0 Å². The molecule has 0 spiro atoms. The van der Waals surface area contributed by atoms with Gasteiger partial charge in [0.15, 0.2) is 0 Å². The Balaban J connectivity index is 1.54. The van der Waals surface area contributed by atoms with Gasteiger partial charge in [0, 0.05) is 17.3 Å². The zero-order valence-electron chi connectivity index (χ0n) is 31.2. The summed E-state index contributed by atoms with van der Waals surface area (Å²) < 4.78 is 0. The second kappa shape index (κ2) is 12.2. The normalized spacial score (nSPS) is 52.4. The molecule has 0 aromatic heterocycles. The van der Waals surface area contributed by atoms with Gasteiger partial charge in [-0.15, -0.1) is 0 Å². The SMILES string of the molecule is CC(C)C1CCCC(C2CC(C(C)(C)C)C(C)C3C(O)C4C(O)[C@]5(O)C(O)C(C(O)CC(C)(C)C)C(O)C[C@]5(C)C[C@]4(C)CC23)C1. The molecule has 0 aromatic rings. The van der Waals surface area contributed by atoms with Crippen LogP contribution in [0.5, 0.6) is 0 Å². The molecule has 5 rings (SSSR count). The van der Waals surface area contributed by atoms with E-state index < -0.39 is 58.8 Å². The average molecular weight is 649 g/mol. The fourth-order valence-corrected chi connectivity index (χ4v) is 13.3. The summed E-state index contributed by atoms with van der Waals surface area (Å²) >= 11 is 0. The van der Waals surface area contributed by atoms with Gasteiger partial charge < -0.3 is 30.6 Å². The van der Waals surface area contributed by atoms with Crippen LogP contribution < -0.4 is 0 Å². The summed E-state index contributed by atoms with van der Waals surface area (Å²) in [5.41, 5.74) is -3.55. The molecule has 0 saturated heterocycles. The van der Waals surface area contributed by atoms with E-state index >= 15 is 0 Å². The van der Waals surface area contributed by atoms with Crippen molar-refractivity contribution in [2.45, 2.75) is 170 Å². The molecule has 0 aliphatic heterocycles. The van der Waals surface area contributed by atoms with E-state index in [1.807, 2.05) is 27.7 Å². The Hall–Kier alpha value is -0.240. The largest absolute Gasteiger partial charge is 0.393 e. The summed E-state index contributed by atoms with van der Waals surface area (Å²) in [5, 5.41) is 72.5. The van der Waals surface area contributed by atoms with Crippen molar-refractivity contribution in [3.8, 4) is 0 Å². The molecule has 6 N–H and O–H groups in total. The van der Waals surface area contributed by atoms with Crippen molar-refractivity contribution in [3.05, 3.63) is 0 Å². The average Bonchev–Trinajstić information content (AvgIpc) is 2.89. The standard InChI is InChI=1S/C40H72O6/c1-21(2)23-13-12-14-24(15-23)25-16-27(37(7,8)9)22(3)30-26(25)17-38(10)20-39(11)19-29(42)31(28(41)18-36(4,5)6)34(44)40(39,46)35(45)32(38)33(30)43/h21-35,41-46H,12-20H2,1-11H3/t22?,23?,24?,25?,26?,27?,28?,29?,30?,31?,32?,33?,34?,35?,38-,39+,40+/m0/s1. The van der Waals surface area contributed by atoms with Crippen molar-refractivity contribution in [1.29, 1.82) is 0 Å². The molecular weight excluding hydrogens is 576 g/mol. The summed E-state index contributed by atoms with van der Waals surface area (Å²) in [6, 6.07) is 0. The first-order chi connectivity index (χ1) is 21.0. The van der Waals surface area contributed by atoms with Crippen LogP contribution in [0, 0.1) is 80.8 Å². The van der Waals surface area contributed by atoms with Crippen molar-refractivity contribution >= 4 is 0 Å². The van der Waals surface area contributed by atoms with E-state index in [4.69, 9.17) is 0 Å². The summed E-state index contributed by atoms with van der Waals surface area (Å²) in [4.78, 5) is 0. The lowest BCUT2D eigenvalue weighted by Crippen LogP contribution is -2.78. The summed E-state index contributed by atoms with van der Waals surface area (Å²) in [6.45, 7) is 24.3. The maximum atomic E-state index is 12.6. The summed E-state index contributed by atoms with van der Waals surface area (Å²) in [6.07, 6.45) is 2.52. The maximum Gasteiger partial charge on any atom is 0.122 e. The molecule has 0 amide bonds. The van der Waals surface area contributed by atoms with E-state index in [1.165, 1.54) is 32.1 Å². The van der Waals surface area contributed by atoms with Crippen LogP contribution in [0.2, 0.25) is 0 Å². The molecule has 0 heterocycles. The highest BCUT2D eigenvalue weighted by Crippen LogP contribution is 2.69. The molecule has 17 atom stereocenters. The van der Waals surface area contributed by atoms with Crippen molar-refractivity contribution in [2.24, 2.45) is 80.8 Å². The minimum Gasteiger partial charge on any atom is -0.393 e. The van der Waals surface area contributed by atoms with Gasteiger partial charge in [0.1, 0.15) is 5.60 Å². The third-order valence-electron chi connectivity index (χ3n) is 15.2. The van der Waals surface area contributed by atoms with Gasteiger partial charge in [-0.25, -0.2) is 0 Å². The minimum absolute atomic E-state index is 0.0108. The highest BCUT2D eigenvalue weighted by atomic mass is 16.4. The Morgan fingerprint density at radius 2 is 1.48 bits per heavy atom. The number of fused-ring (bicyclic) bond motifs is 3. The molecule has 5 aliphatic carbocycles. The van der Waals surface area contributed by atoms with E-state index in [0.717, 1.165) is 12.3 Å². The van der Waals surface area contributed by atoms with Crippen molar-refractivity contribution in [3.63, 3.8) is 0 Å². The zero-order valence-corrected chi connectivity index (χ0v) is 31.2. The first-order valence-corrected chi connectivity index (χ1v) is 19.1. The summed E-state index contributed by atoms with van der Waals surface area (Å²) in [7, 11) is 0. The lowest BCUT2D eigenvalue weighted by atomic mass is 9.37. The second-order valence-corrected chi connectivity index (χ2v) is 20.9. The Morgan fingerprint density at radius 1 is 0.848 bits per heavy atom. The van der Waals surface area contributed by atoms with E-state index in [1.54, 1.807) is 0 Å². The molecule has 5 saturated carbocycles. The van der Waals surface area contributed by atoms with Gasteiger partial charge in [-0.05, 0) is 102 Å². The van der Waals surface area contributed by atoms with E-state index in [9.17, 15) is 30.6 Å². The zero-order chi connectivity index (χ0) is 34.5. The molecule has 0 aromatic carbocycles. The molecule has 6 nitrogen and oxygen atoms in total. The Labute approximate surface area is 281 Å². The van der Waals surface area contributed by atoms with E-state index in [-0.39, 0.29) is 29.1 Å². The van der Waals surface area contributed by atoms with Crippen LogP contribution in [0.1, 0.15) is 134 Å². The van der Waals surface area contributed by atoms with Gasteiger partial charge in [-0.3, -0.25) is 0 Å². The Kier molecular flexibility index (Phi) is 9.83. The van der Waals surface area contributed by atoms with Crippen LogP contribution in [0.25, 0.3) is 0 Å². The Bertz CT molecular complexity index is 1080. The lowest BCUT2D eigenvalue weighted by molar-refractivity contribution is -0.338. The molecular formula is C40H72O6. The minimum atomic E-state index is -1.96. The van der Waals surface area contributed by atoms with Gasteiger partial charge in [-0.2, -0.15) is 0 Å². The highest BCUT2D eigenvalue weighted by molar-refractivity contribution is 5.23. The highest BCUT2D eigenvalue weighted by Gasteiger charge is 2.74. The Morgan fingerprint density at radius 3 is 2.04 bits per heavy atom. The fraction of sp³-hybridized carbons (Fsp3) is 1.00. The van der Waals surface area contributed by atoms with E-state index in [0.29, 0.717) is 42.4 Å². The van der Waals surface area contributed by atoms with Crippen molar-refractivity contribution in [1.82, 2.24) is 0 Å². The molecule has 6 heteroatoms. The van der Waals surface area contributed by atoms with Crippen LogP contribution in [-0.4, -0.2) is 66.8 Å². The molecule has 0 radical (unpaired) electrons. The molecule has 5 fully saturated rings. The maximum absolute atomic E-state index is 12.6. The quantitative estimate of drug-likeness (QED) is 0.209. The van der Waals surface area contributed by atoms with Crippen LogP contribution >= 0.6 is 0 Å². The second-order valence-electron chi connectivity index (χ2n) is 20.9. The van der Waals surface area contributed by atoms with Crippen LogP contribution in [-0.2, 0) is 0 Å². The van der Waals surface area contributed by atoms with E-state index in [2.05, 4.69) is 48.5 Å². The first-order valence-electron chi connectivity index (χ1n) is 19.1. The van der Waals surface area contributed by atoms with Crippen LogP contribution in [0.15, 0.2) is 0 Å². The predicted octanol–water partition coefficient (Wildman–Crippen LogP) is 6.43. The number of rotatable bonds is 4. The number of aliphatic hydroxyl groups excluding tert-OH is 5. The number of hydrogen-bond donors (Lipinski definition) is 6. The first kappa shape index (κ1) is 37.0. The molecule has 5 aliphatic rings. The molecule has 46 heavy (non-hydrogen) atoms. The number of aliphatic hydroxyl groups is 6. The van der Waals surface area contributed by atoms with Gasteiger partial charge in [0.25, 0.3) is 0 Å². The predicted molar refractivity (Wildman–Crippen MR) is 184 cm³/mol. The van der Waals surface area contributed by atoms with Crippen molar-refractivity contribution in [2.75, 3.05) is 0 Å². The van der Waals surface area contributed by atoms with Crippen LogP contribution in [0.3, 0.4) is 0 Å². The number of hydrogen-bond acceptors (Lipinski definition) is 6. The fourth-order valence-electron chi connectivity index (χ4n) is 13.3.